The van der Waals surface area contributed by atoms with Crippen molar-refractivity contribution in [2.24, 2.45) is 0 Å². The Bertz CT molecular complexity index is 639. The molecule has 24 heavy (non-hydrogen) atoms. The molecule has 1 saturated heterocycles. The third-order valence-electron chi connectivity index (χ3n) is 4.61. The van der Waals surface area contributed by atoms with Crippen LogP contribution < -0.4 is 14.8 Å². The molecule has 1 aliphatic rings. The highest BCUT2D eigenvalue weighted by Gasteiger charge is 2.19. The van der Waals surface area contributed by atoms with Crippen LogP contribution in [0.2, 0.25) is 0 Å². The van der Waals surface area contributed by atoms with Crippen LogP contribution in [0.15, 0.2) is 48.5 Å². The van der Waals surface area contributed by atoms with Crippen molar-refractivity contribution in [1.29, 1.82) is 0 Å². The molecule has 0 aliphatic carbocycles. The minimum atomic E-state index is 0.372. The molecule has 0 saturated carbocycles. The molecule has 0 aromatic heterocycles. The van der Waals surface area contributed by atoms with Gasteiger partial charge in [-0.05, 0) is 30.2 Å². The monoisotopic (exact) mass is 326 g/mol. The Labute approximate surface area is 144 Å². The minimum Gasteiger partial charge on any atom is -0.493 e. The number of ether oxygens (including phenoxy) is 2. The van der Waals surface area contributed by atoms with Gasteiger partial charge in [-0.15, -0.1) is 0 Å². The first kappa shape index (κ1) is 16.8. The third-order valence-corrected chi connectivity index (χ3v) is 4.61. The van der Waals surface area contributed by atoms with Gasteiger partial charge >= 0.3 is 0 Å². The van der Waals surface area contributed by atoms with Gasteiger partial charge in [-0.3, -0.25) is 4.90 Å². The summed E-state index contributed by atoms with van der Waals surface area (Å²) in [5, 5.41) is 3.40. The van der Waals surface area contributed by atoms with Gasteiger partial charge in [0, 0.05) is 32.2 Å². The molecule has 0 radical (unpaired) electrons. The lowest BCUT2D eigenvalue weighted by Gasteiger charge is -2.33. The van der Waals surface area contributed by atoms with Gasteiger partial charge in [0.1, 0.15) is 6.61 Å². The van der Waals surface area contributed by atoms with Crippen molar-refractivity contribution in [1.82, 2.24) is 10.2 Å². The van der Waals surface area contributed by atoms with Gasteiger partial charge < -0.3 is 14.8 Å². The molecule has 0 unspecified atom stereocenters. The molecule has 128 valence electrons. The standard InChI is InChI=1S/C20H26N2O2/c1-16(22-12-10-21-11-13-22)18-8-9-19(23-2)20(14-18)24-15-17-6-4-3-5-7-17/h3-9,14,16,21H,10-13,15H2,1-2H3/t16-/m1/s1. The lowest BCUT2D eigenvalue weighted by molar-refractivity contribution is 0.185. The summed E-state index contributed by atoms with van der Waals surface area (Å²) < 4.78 is 11.5. The van der Waals surface area contributed by atoms with E-state index in [2.05, 4.69) is 41.4 Å². The summed E-state index contributed by atoms with van der Waals surface area (Å²) in [4.78, 5) is 2.50. The summed E-state index contributed by atoms with van der Waals surface area (Å²) in [6.45, 7) is 7.06. The summed E-state index contributed by atoms with van der Waals surface area (Å²) >= 11 is 0. The molecule has 1 N–H and O–H groups in total. The second-order valence-corrected chi connectivity index (χ2v) is 6.15. The van der Waals surface area contributed by atoms with Crippen molar-refractivity contribution < 1.29 is 9.47 Å². The van der Waals surface area contributed by atoms with Crippen LogP contribution in [0.4, 0.5) is 0 Å². The Kier molecular flexibility index (Phi) is 5.72. The molecule has 2 aromatic rings. The van der Waals surface area contributed by atoms with Crippen molar-refractivity contribution in [2.45, 2.75) is 19.6 Å². The lowest BCUT2D eigenvalue weighted by atomic mass is 10.1. The number of nitrogens with one attached hydrogen (secondary N) is 1. The number of rotatable bonds is 6. The van der Waals surface area contributed by atoms with Gasteiger partial charge in [-0.1, -0.05) is 36.4 Å². The van der Waals surface area contributed by atoms with Gasteiger partial charge in [-0.2, -0.15) is 0 Å². The molecule has 0 amide bonds. The molecule has 0 spiro atoms. The van der Waals surface area contributed by atoms with E-state index in [1.165, 1.54) is 5.56 Å². The van der Waals surface area contributed by atoms with Crippen LogP contribution in [0.1, 0.15) is 24.1 Å². The number of methoxy groups -OCH3 is 1. The summed E-state index contributed by atoms with van der Waals surface area (Å²) in [5.41, 5.74) is 2.42. The molecular weight excluding hydrogens is 300 g/mol. The molecule has 1 aliphatic heterocycles. The number of benzene rings is 2. The average Bonchev–Trinajstić information content (AvgIpc) is 2.67. The quantitative estimate of drug-likeness (QED) is 0.883. The molecule has 4 nitrogen and oxygen atoms in total. The van der Waals surface area contributed by atoms with Gasteiger partial charge in [0.25, 0.3) is 0 Å². The highest BCUT2D eigenvalue weighted by atomic mass is 16.5. The fourth-order valence-electron chi connectivity index (χ4n) is 3.08. The van der Waals surface area contributed by atoms with E-state index in [1.807, 2.05) is 24.3 Å². The van der Waals surface area contributed by atoms with E-state index in [0.717, 1.165) is 43.2 Å². The van der Waals surface area contributed by atoms with Crippen LogP contribution in [0.3, 0.4) is 0 Å². The highest BCUT2D eigenvalue weighted by molar-refractivity contribution is 5.44. The largest absolute Gasteiger partial charge is 0.493 e. The normalized spacial score (nSPS) is 16.6. The average molecular weight is 326 g/mol. The van der Waals surface area contributed by atoms with Gasteiger partial charge in [-0.25, -0.2) is 0 Å². The summed E-state index contributed by atoms with van der Waals surface area (Å²) in [7, 11) is 1.68. The molecule has 0 bridgehead atoms. The van der Waals surface area contributed by atoms with Crippen LogP contribution in [0.5, 0.6) is 11.5 Å². The van der Waals surface area contributed by atoms with E-state index >= 15 is 0 Å². The first-order valence-corrected chi connectivity index (χ1v) is 8.57. The number of hydrogen-bond donors (Lipinski definition) is 1. The van der Waals surface area contributed by atoms with Gasteiger partial charge in [0.05, 0.1) is 7.11 Å². The van der Waals surface area contributed by atoms with Crippen molar-refractivity contribution in [2.75, 3.05) is 33.3 Å². The van der Waals surface area contributed by atoms with E-state index in [4.69, 9.17) is 9.47 Å². The number of piperazine rings is 1. The van der Waals surface area contributed by atoms with Crippen LogP contribution in [-0.2, 0) is 6.61 Å². The SMILES string of the molecule is COc1ccc([C@@H](C)N2CCNCC2)cc1OCc1ccccc1. The summed E-state index contributed by atoms with van der Waals surface area (Å²) in [5.74, 6) is 1.59. The second kappa shape index (κ2) is 8.18. The molecule has 2 aromatic carbocycles. The number of hydrogen-bond acceptors (Lipinski definition) is 4. The maximum atomic E-state index is 6.04. The Morgan fingerprint density at radius 3 is 2.50 bits per heavy atom. The predicted molar refractivity (Wildman–Crippen MR) is 96.6 cm³/mol. The lowest BCUT2D eigenvalue weighted by Crippen LogP contribution is -2.44. The van der Waals surface area contributed by atoms with Crippen LogP contribution in [0.25, 0.3) is 0 Å². The molecular formula is C20H26N2O2. The van der Waals surface area contributed by atoms with Crippen LogP contribution in [-0.4, -0.2) is 38.2 Å². The van der Waals surface area contributed by atoms with E-state index < -0.39 is 0 Å². The van der Waals surface area contributed by atoms with Crippen molar-refractivity contribution in [3.05, 3.63) is 59.7 Å². The smallest absolute Gasteiger partial charge is 0.161 e. The molecule has 1 heterocycles. The zero-order chi connectivity index (χ0) is 16.8. The predicted octanol–water partition coefficient (Wildman–Crippen LogP) is 3.24. The van der Waals surface area contributed by atoms with Crippen LogP contribution >= 0.6 is 0 Å². The third kappa shape index (κ3) is 4.08. The Morgan fingerprint density at radius 2 is 1.79 bits per heavy atom. The summed E-state index contributed by atoms with van der Waals surface area (Å²) in [6, 6.07) is 16.8. The molecule has 4 heteroatoms. The van der Waals surface area contributed by atoms with Gasteiger partial charge in [0.15, 0.2) is 11.5 Å². The molecule has 3 rings (SSSR count). The van der Waals surface area contributed by atoms with Crippen molar-refractivity contribution in [3.8, 4) is 11.5 Å². The van der Waals surface area contributed by atoms with Crippen LogP contribution in [0, 0.1) is 0 Å². The second-order valence-electron chi connectivity index (χ2n) is 6.15. The van der Waals surface area contributed by atoms with Crippen molar-refractivity contribution in [3.63, 3.8) is 0 Å². The van der Waals surface area contributed by atoms with E-state index in [9.17, 15) is 0 Å². The zero-order valence-corrected chi connectivity index (χ0v) is 14.5. The van der Waals surface area contributed by atoms with E-state index in [1.54, 1.807) is 7.11 Å². The zero-order valence-electron chi connectivity index (χ0n) is 14.5. The topological polar surface area (TPSA) is 33.7 Å². The Balaban J connectivity index is 1.74. The first-order valence-electron chi connectivity index (χ1n) is 8.57. The highest BCUT2D eigenvalue weighted by Crippen LogP contribution is 2.32. The fraction of sp³-hybridized carbons (Fsp3) is 0.400. The van der Waals surface area contributed by atoms with Crippen molar-refractivity contribution >= 4 is 0 Å². The van der Waals surface area contributed by atoms with E-state index in [-0.39, 0.29) is 0 Å². The summed E-state index contributed by atoms with van der Waals surface area (Å²) in [6.07, 6.45) is 0. The number of nitrogens with zero attached hydrogens (tertiary/aromatic N) is 1. The Morgan fingerprint density at radius 1 is 1.04 bits per heavy atom. The maximum Gasteiger partial charge on any atom is 0.161 e. The molecule has 1 fully saturated rings. The van der Waals surface area contributed by atoms with Gasteiger partial charge in [0.2, 0.25) is 0 Å². The van der Waals surface area contributed by atoms with E-state index in [0.29, 0.717) is 12.6 Å². The first-order chi connectivity index (χ1) is 11.8. The Hall–Kier alpha value is -2.04. The fourth-order valence-corrected chi connectivity index (χ4v) is 3.08. The maximum absolute atomic E-state index is 6.04. The minimum absolute atomic E-state index is 0.372. The molecule has 1 atom stereocenters.